The molecule has 0 bridgehead atoms. The zero-order valence-corrected chi connectivity index (χ0v) is 10.9. The zero-order valence-electron chi connectivity index (χ0n) is 10.1. The van der Waals surface area contributed by atoms with Gasteiger partial charge in [-0.3, -0.25) is 4.79 Å². The van der Waals surface area contributed by atoms with Crippen LogP contribution in [0, 0.1) is 0 Å². The van der Waals surface area contributed by atoms with Gasteiger partial charge in [-0.25, -0.2) is 0 Å². The smallest absolute Gasteiger partial charge is 0.226 e. The normalized spacial score (nSPS) is 12.6. The quantitative estimate of drug-likeness (QED) is 0.846. The van der Waals surface area contributed by atoms with Crippen molar-refractivity contribution in [3.63, 3.8) is 0 Å². The summed E-state index contributed by atoms with van der Waals surface area (Å²) in [6, 6.07) is 7.49. The Bertz CT molecular complexity index is 539. The molecule has 1 unspecified atom stereocenters. The van der Waals surface area contributed by atoms with E-state index >= 15 is 0 Å². The lowest BCUT2D eigenvalue weighted by Gasteiger charge is -2.07. The van der Waals surface area contributed by atoms with Crippen molar-refractivity contribution >= 4 is 28.5 Å². The topological polar surface area (TPSA) is 55.1 Å². The molecule has 0 saturated heterocycles. The Labute approximate surface area is 110 Å². The summed E-state index contributed by atoms with van der Waals surface area (Å²) in [5.74, 6) is -0.0897. The number of fused-ring (bicyclic) bond motifs is 1. The van der Waals surface area contributed by atoms with Crippen LogP contribution in [-0.4, -0.2) is 23.0 Å². The molecule has 0 fully saturated rings. The molecule has 0 spiro atoms. The predicted octanol–water partition coefficient (Wildman–Crippen LogP) is 2.50. The predicted molar refractivity (Wildman–Crippen MR) is 70.7 cm³/mol. The first kappa shape index (κ1) is 12.9. The second-order valence-corrected chi connectivity index (χ2v) is 4.73. The molecule has 1 aromatic carbocycles. The van der Waals surface area contributed by atoms with E-state index < -0.39 is 0 Å². The van der Waals surface area contributed by atoms with Crippen molar-refractivity contribution in [2.45, 2.75) is 25.1 Å². The number of carbonyl (C=O) groups is 1. The molecule has 2 aromatic rings. The van der Waals surface area contributed by atoms with Crippen molar-refractivity contribution < 1.29 is 9.32 Å². The van der Waals surface area contributed by atoms with E-state index in [1.807, 2.05) is 31.2 Å². The van der Waals surface area contributed by atoms with E-state index in [4.69, 9.17) is 16.1 Å². The Kier molecular flexibility index (Phi) is 4.20. The molecular weight excluding hydrogens is 252 g/mol. The minimum Gasteiger partial charge on any atom is -0.356 e. The highest BCUT2D eigenvalue weighted by atomic mass is 35.5. The summed E-state index contributed by atoms with van der Waals surface area (Å²) >= 11 is 5.94. The second-order valence-electron chi connectivity index (χ2n) is 4.11. The molecule has 1 N–H and O–H groups in total. The summed E-state index contributed by atoms with van der Waals surface area (Å²) in [6.07, 6.45) is 1.04. The summed E-state index contributed by atoms with van der Waals surface area (Å²) in [6.45, 7) is 2.46. The van der Waals surface area contributed by atoms with Gasteiger partial charge in [-0.15, -0.1) is 11.6 Å². The molecule has 2 rings (SSSR count). The van der Waals surface area contributed by atoms with Gasteiger partial charge in [0.2, 0.25) is 5.91 Å². The highest BCUT2D eigenvalue weighted by Gasteiger charge is 2.12. The summed E-state index contributed by atoms with van der Waals surface area (Å²) < 4.78 is 5.14. The Balaban J connectivity index is 1.99. The number of hydrogen-bond donors (Lipinski definition) is 1. The first-order chi connectivity index (χ1) is 8.70. The van der Waals surface area contributed by atoms with Crippen LogP contribution in [0.25, 0.3) is 11.0 Å². The summed E-state index contributed by atoms with van der Waals surface area (Å²) in [5, 5.41) is 7.55. The molecule has 0 aliphatic rings. The number of nitrogens with one attached hydrogen (secondary N) is 1. The fourth-order valence-electron chi connectivity index (χ4n) is 1.65. The molecular formula is C13H15ClN2O2. The van der Waals surface area contributed by atoms with Crippen molar-refractivity contribution in [3.8, 4) is 0 Å². The van der Waals surface area contributed by atoms with Crippen LogP contribution in [0.15, 0.2) is 28.8 Å². The molecule has 1 atom stereocenters. The van der Waals surface area contributed by atoms with Crippen molar-refractivity contribution in [2.75, 3.05) is 6.54 Å². The lowest BCUT2D eigenvalue weighted by molar-refractivity contribution is -0.120. The number of alkyl halides is 1. The van der Waals surface area contributed by atoms with Gasteiger partial charge in [-0.05, 0) is 18.6 Å². The molecule has 0 saturated carbocycles. The molecule has 18 heavy (non-hydrogen) atoms. The van der Waals surface area contributed by atoms with E-state index in [1.165, 1.54) is 0 Å². The van der Waals surface area contributed by atoms with Gasteiger partial charge in [0.15, 0.2) is 5.58 Å². The Morgan fingerprint density at radius 3 is 3.06 bits per heavy atom. The number of halogens is 1. The molecule has 5 heteroatoms. The van der Waals surface area contributed by atoms with Gasteiger partial charge < -0.3 is 9.84 Å². The fourth-order valence-corrected chi connectivity index (χ4v) is 1.73. The van der Waals surface area contributed by atoms with Crippen LogP contribution in [0.3, 0.4) is 0 Å². The van der Waals surface area contributed by atoms with Gasteiger partial charge >= 0.3 is 0 Å². The average molecular weight is 267 g/mol. The third-order valence-electron chi connectivity index (χ3n) is 2.74. The summed E-state index contributed by atoms with van der Waals surface area (Å²) in [5.41, 5.74) is 1.36. The number of nitrogens with zero attached hydrogens (tertiary/aromatic N) is 1. The molecule has 0 aliphatic carbocycles. The SMILES string of the molecule is CCC(Cl)CNC(=O)Cc1noc2ccccc12. The molecule has 1 aromatic heterocycles. The first-order valence-corrected chi connectivity index (χ1v) is 6.38. The monoisotopic (exact) mass is 266 g/mol. The number of hydrogen-bond acceptors (Lipinski definition) is 3. The van der Waals surface area contributed by atoms with E-state index in [1.54, 1.807) is 0 Å². The van der Waals surface area contributed by atoms with E-state index in [9.17, 15) is 4.79 Å². The Morgan fingerprint density at radius 1 is 1.50 bits per heavy atom. The lowest BCUT2D eigenvalue weighted by atomic mass is 10.1. The molecule has 1 heterocycles. The fraction of sp³-hybridized carbons (Fsp3) is 0.385. The van der Waals surface area contributed by atoms with Gasteiger partial charge in [0, 0.05) is 11.9 Å². The summed E-state index contributed by atoms with van der Waals surface area (Å²) in [4.78, 5) is 11.7. The molecule has 1 amide bonds. The molecule has 4 nitrogen and oxygen atoms in total. The number of para-hydroxylation sites is 1. The number of benzene rings is 1. The number of amides is 1. The number of carbonyl (C=O) groups excluding carboxylic acids is 1. The standard InChI is InChI=1S/C13H15ClN2O2/c1-2-9(14)8-15-13(17)7-11-10-5-3-4-6-12(10)18-16-11/h3-6,9H,2,7-8H2,1H3,(H,15,17). The minimum absolute atomic E-state index is 0.0250. The van der Waals surface area contributed by atoms with Crippen LogP contribution in [0.2, 0.25) is 0 Å². The third kappa shape index (κ3) is 3.01. The van der Waals surface area contributed by atoms with E-state index in [0.29, 0.717) is 17.8 Å². The van der Waals surface area contributed by atoms with Gasteiger partial charge in [0.25, 0.3) is 0 Å². The minimum atomic E-state index is -0.0897. The van der Waals surface area contributed by atoms with Gasteiger partial charge in [-0.2, -0.15) is 0 Å². The Morgan fingerprint density at radius 2 is 2.28 bits per heavy atom. The molecule has 0 aliphatic heterocycles. The number of rotatable bonds is 5. The maximum Gasteiger partial charge on any atom is 0.226 e. The van der Waals surface area contributed by atoms with E-state index in [0.717, 1.165) is 11.8 Å². The van der Waals surface area contributed by atoms with Crippen molar-refractivity contribution in [2.24, 2.45) is 0 Å². The van der Waals surface area contributed by atoms with Crippen molar-refractivity contribution in [1.82, 2.24) is 10.5 Å². The van der Waals surface area contributed by atoms with Crippen molar-refractivity contribution in [3.05, 3.63) is 30.0 Å². The molecule has 96 valence electrons. The summed E-state index contributed by atoms with van der Waals surface area (Å²) in [7, 11) is 0. The van der Waals surface area contributed by atoms with Crippen LogP contribution in [0.5, 0.6) is 0 Å². The third-order valence-corrected chi connectivity index (χ3v) is 3.21. The van der Waals surface area contributed by atoms with Crippen LogP contribution in [-0.2, 0) is 11.2 Å². The highest BCUT2D eigenvalue weighted by molar-refractivity contribution is 6.20. The van der Waals surface area contributed by atoms with E-state index in [2.05, 4.69) is 10.5 Å². The van der Waals surface area contributed by atoms with Crippen LogP contribution in [0.1, 0.15) is 19.0 Å². The number of aromatic nitrogens is 1. The zero-order chi connectivity index (χ0) is 13.0. The van der Waals surface area contributed by atoms with Gasteiger partial charge in [0.1, 0.15) is 5.69 Å². The largest absolute Gasteiger partial charge is 0.356 e. The van der Waals surface area contributed by atoms with Crippen LogP contribution in [0.4, 0.5) is 0 Å². The second kappa shape index (κ2) is 5.87. The lowest BCUT2D eigenvalue weighted by Crippen LogP contribution is -2.30. The van der Waals surface area contributed by atoms with Gasteiger partial charge in [-0.1, -0.05) is 24.2 Å². The Hall–Kier alpha value is -1.55. The van der Waals surface area contributed by atoms with Crippen LogP contribution < -0.4 is 5.32 Å². The average Bonchev–Trinajstić information content (AvgIpc) is 2.79. The first-order valence-electron chi connectivity index (χ1n) is 5.94. The van der Waals surface area contributed by atoms with Crippen molar-refractivity contribution in [1.29, 1.82) is 0 Å². The van der Waals surface area contributed by atoms with Gasteiger partial charge in [0.05, 0.1) is 11.8 Å². The molecule has 0 radical (unpaired) electrons. The maximum atomic E-state index is 11.7. The van der Waals surface area contributed by atoms with E-state index in [-0.39, 0.29) is 17.7 Å². The van der Waals surface area contributed by atoms with Crippen LogP contribution >= 0.6 is 11.6 Å². The highest BCUT2D eigenvalue weighted by Crippen LogP contribution is 2.17. The maximum absolute atomic E-state index is 11.7.